The van der Waals surface area contributed by atoms with Gasteiger partial charge >= 0.3 is 0 Å². The second-order valence-corrected chi connectivity index (χ2v) is 7.62. The number of nitrogens with one attached hydrogen (secondary N) is 1. The van der Waals surface area contributed by atoms with E-state index in [1.54, 1.807) is 0 Å². The Hall–Kier alpha value is -3.92. The van der Waals surface area contributed by atoms with Crippen LogP contribution in [-0.4, -0.2) is 19.8 Å². The number of rotatable bonds is 12. The van der Waals surface area contributed by atoms with Crippen LogP contribution in [0.4, 0.5) is 5.69 Å². The first-order valence-corrected chi connectivity index (χ1v) is 11.3. The minimum atomic E-state index is 0.487. The van der Waals surface area contributed by atoms with Crippen molar-refractivity contribution in [2.45, 2.75) is 13.0 Å². The van der Waals surface area contributed by atoms with Crippen molar-refractivity contribution in [3.63, 3.8) is 0 Å². The number of hydrogen-bond donors (Lipinski definition) is 1. The Morgan fingerprint density at radius 1 is 0.485 bits per heavy atom. The lowest BCUT2D eigenvalue weighted by molar-refractivity contribution is 0.217. The Morgan fingerprint density at radius 2 is 1.06 bits per heavy atom. The Kier molecular flexibility index (Phi) is 8.24. The summed E-state index contributed by atoms with van der Waals surface area (Å²) in [6, 6.07) is 36.3. The monoisotopic (exact) mass is 439 g/mol. The third-order valence-corrected chi connectivity index (χ3v) is 5.10. The molecule has 0 aliphatic heterocycles. The molecule has 0 heterocycles. The van der Waals surface area contributed by atoms with E-state index in [9.17, 15) is 0 Å². The number of benzene rings is 4. The molecule has 0 atom stereocenters. The third kappa shape index (κ3) is 7.62. The molecule has 0 aliphatic carbocycles. The van der Waals surface area contributed by atoms with Crippen molar-refractivity contribution in [3.05, 3.63) is 120 Å². The molecule has 4 rings (SSSR count). The van der Waals surface area contributed by atoms with E-state index < -0.39 is 0 Å². The first-order chi connectivity index (χ1) is 16.3. The van der Waals surface area contributed by atoms with Crippen molar-refractivity contribution in [2.24, 2.45) is 0 Å². The number of para-hydroxylation sites is 1. The molecule has 0 fully saturated rings. The van der Waals surface area contributed by atoms with Crippen molar-refractivity contribution in [3.8, 4) is 17.2 Å². The maximum atomic E-state index is 5.95. The van der Waals surface area contributed by atoms with Gasteiger partial charge in [0, 0.05) is 24.7 Å². The van der Waals surface area contributed by atoms with Crippen molar-refractivity contribution < 1.29 is 14.2 Å². The molecule has 0 aromatic heterocycles. The Balaban J connectivity index is 1.21. The van der Waals surface area contributed by atoms with Crippen LogP contribution in [0.15, 0.2) is 109 Å². The zero-order valence-corrected chi connectivity index (χ0v) is 18.7. The molecule has 0 spiro atoms. The van der Waals surface area contributed by atoms with Crippen molar-refractivity contribution >= 4 is 5.69 Å². The first-order valence-electron chi connectivity index (χ1n) is 11.3. The summed E-state index contributed by atoms with van der Waals surface area (Å²) in [7, 11) is 0. The van der Waals surface area contributed by atoms with Gasteiger partial charge in [-0.1, -0.05) is 66.7 Å². The van der Waals surface area contributed by atoms with E-state index in [-0.39, 0.29) is 0 Å². The van der Waals surface area contributed by atoms with Crippen LogP contribution in [-0.2, 0) is 13.0 Å². The van der Waals surface area contributed by atoms with Gasteiger partial charge in [0.2, 0.25) is 0 Å². The van der Waals surface area contributed by atoms with Gasteiger partial charge in [-0.2, -0.15) is 0 Å². The fraction of sp³-hybridized carbons (Fsp3) is 0.172. The summed E-state index contributed by atoms with van der Waals surface area (Å²) in [5.74, 6) is 2.55. The SMILES string of the molecule is c1ccc(CCOc2cccc(CNc3cccc(OCCOc4ccccc4)c3)c2)cc1. The molecule has 1 N–H and O–H groups in total. The molecule has 4 nitrogen and oxygen atoms in total. The number of hydrogen-bond acceptors (Lipinski definition) is 4. The standard InChI is InChI=1S/C29H29NO3/c1-3-9-24(10-4-1)17-18-31-28-15-7-11-25(21-28)23-30-26-12-8-16-29(22-26)33-20-19-32-27-13-5-2-6-14-27/h1-16,21-22,30H,17-20,23H2. The summed E-state index contributed by atoms with van der Waals surface area (Å²) in [5, 5.41) is 3.46. The van der Waals surface area contributed by atoms with Gasteiger partial charge in [0.05, 0.1) is 6.61 Å². The van der Waals surface area contributed by atoms with E-state index in [1.807, 2.05) is 72.8 Å². The summed E-state index contributed by atoms with van der Waals surface area (Å²) in [5.41, 5.74) is 3.45. The summed E-state index contributed by atoms with van der Waals surface area (Å²) >= 11 is 0. The van der Waals surface area contributed by atoms with Gasteiger partial charge in [0.15, 0.2) is 0 Å². The highest BCUT2D eigenvalue weighted by Crippen LogP contribution is 2.20. The van der Waals surface area contributed by atoms with Crippen LogP contribution >= 0.6 is 0 Å². The fourth-order valence-electron chi connectivity index (χ4n) is 3.41. The van der Waals surface area contributed by atoms with Gasteiger partial charge in [-0.15, -0.1) is 0 Å². The van der Waals surface area contributed by atoms with Gasteiger partial charge < -0.3 is 19.5 Å². The maximum Gasteiger partial charge on any atom is 0.122 e. The predicted octanol–water partition coefficient (Wildman–Crippen LogP) is 6.38. The Bertz CT molecular complexity index is 1100. The van der Waals surface area contributed by atoms with Crippen LogP contribution in [0.25, 0.3) is 0 Å². The van der Waals surface area contributed by atoms with Gasteiger partial charge in [-0.3, -0.25) is 0 Å². The van der Waals surface area contributed by atoms with Crippen molar-refractivity contribution in [1.82, 2.24) is 0 Å². The molecule has 4 aromatic carbocycles. The molecule has 168 valence electrons. The van der Waals surface area contributed by atoms with Crippen LogP contribution in [0.3, 0.4) is 0 Å². The molecular formula is C29H29NO3. The van der Waals surface area contributed by atoms with Crippen LogP contribution in [0.1, 0.15) is 11.1 Å². The predicted molar refractivity (Wildman–Crippen MR) is 133 cm³/mol. The van der Waals surface area contributed by atoms with Gasteiger partial charge in [-0.25, -0.2) is 0 Å². The zero-order valence-electron chi connectivity index (χ0n) is 18.7. The van der Waals surface area contributed by atoms with E-state index in [1.165, 1.54) is 5.56 Å². The van der Waals surface area contributed by atoms with E-state index in [0.717, 1.165) is 34.9 Å². The summed E-state index contributed by atoms with van der Waals surface area (Å²) in [4.78, 5) is 0. The normalized spacial score (nSPS) is 10.4. The Morgan fingerprint density at radius 3 is 1.85 bits per heavy atom. The molecule has 0 amide bonds. The highest BCUT2D eigenvalue weighted by molar-refractivity contribution is 5.48. The van der Waals surface area contributed by atoms with Crippen LogP contribution < -0.4 is 19.5 Å². The smallest absolute Gasteiger partial charge is 0.122 e. The first kappa shape index (κ1) is 22.3. The molecule has 0 saturated carbocycles. The lowest BCUT2D eigenvalue weighted by atomic mass is 10.2. The highest BCUT2D eigenvalue weighted by Gasteiger charge is 2.01. The van der Waals surface area contributed by atoms with Crippen LogP contribution in [0, 0.1) is 0 Å². The molecular weight excluding hydrogens is 410 g/mol. The average Bonchev–Trinajstić information content (AvgIpc) is 2.87. The lowest BCUT2D eigenvalue weighted by Gasteiger charge is -2.12. The van der Waals surface area contributed by atoms with E-state index in [0.29, 0.717) is 26.4 Å². The average molecular weight is 440 g/mol. The molecule has 0 saturated heterocycles. The second kappa shape index (κ2) is 12.2. The van der Waals surface area contributed by atoms with Gasteiger partial charge in [0.1, 0.15) is 30.5 Å². The number of ether oxygens (including phenoxy) is 3. The molecule has 4 aromatic rings. The van der Waals surface area contributed by atoms with E-state index >= 15 is 0 Å². The number of anilines is 1. The molecule has 0 bridgehead atoms. The highest BCUT2D eigenvalue weighted by atomic mass is 16.5. The van der Waals surface area contributed by atoms with E-state index in [2.05, 4.69) is 41.7 Å². The summed E-state index contributed by atoms with van der Waals surface area (Å²) < 4.78 is 17.5. The molecule has 4 heteroatoms. The van der Waals surface area contributed by atoms with E-state index in [4.69, 9.17) is 14.2 Å². The third-order valence-electron chi connectivity index (χ3n) is 5.10. The minimum absolute atomic E-state index is 0.487. The lowest BCUT2D eigenvalue weighted by Crippen LogP contribution is -2.09. The largest absolute Gasteiger partial charge is 0.493 e. The van der Waals surface area contributed by atoms with Crippen LogP contribution in [0.5, 0.6) is 17.2 Å². The summed E-state index contributed by atoms with van der Waals surface area (Å²) in [6.07, 6.45) is 0.895. The minimum Gasteiger partial charge on any atom is -0.493 e. The topological polar surface area (TPSA) is 39.7 Å². The molecule has 33 heavy (non-hydrogen) atoms. The molecule has 0 unspecified atom stereocenters. The quantitative estimate of drug-likeness (QED) is 0.260. The van der Waals surface area contributed by atoms with Gasteiger partial charge in [-0.05, 0) is 47.5 Å². The van der Waals surface area contributed by atoms with Crippen LogP contribution in [0.2, 0.25) is 0 Å². The molecule has 0 radical (unpaired) electrons. The van der Waals surface area contributed by atoms with Crippen molar-refractivity contribution in [2.75, 3.05) is 25.1 Å². The zero-order chi connectivity index (χ0) is 22.6. The van der Waals surface area contributed by atoms with Gasteiger partial charge in [0.25, 0.3) is 0 Å². The Labute approximate surface area is 195 Å². The fourth-order valence-corrected chi connectivity index (χ4v) is 3.41. The second-order valence-electron chi connectivity index (χ2n) is 7.62. The maximum absolute atomic E-state index is 5.95. The molecule has 0 aliphatic rings. The van der Waals surface area contributed by atoms with Crippen molar-refractivity contribution in [1.29, 1.82) is 0 Å². The summed E-state index contributed by atoms with van der Waals surface area (Å²) in [6.45, 7) is 2.35.